The number of benzene rings is 2. The molecule has 2 aromatic rings. The average Bonchev–Trinajstić information content (AvgIpc) is 2.64. The van der Waals surface area contributed by atoms with Crippen LogP contribution in [-0.4, -0.2) is 28.7 Å². The van der Waals surface area contributed by atoms with Crippen LogP contribution in [0.4, 0.5) is 5.69 Å². The van der Waals surface area contributed by atoms with Gasteiger partial charge in [-0.15, -0.1) is 0 Å². The molecule has 4 N–H and O–H groups in total. The first-order valence-corrected chi connectivity index (χ1v) is 8.39. The minimum Gasteiger partial charge on any atom is -0.508 e. The summed E-state index contributed by atoms with van der Waals surface area (Å²) in [5, 5.41) is 27.6. The first-order valence-electron chi connectivity index (χ1n) is 8.39. The number of nitrogens with one attached hydrogen (secondary N) is 2. The van der Waals surface area contributed by atoms with Gasteiger partial charge >= 0.3 is 0 Å². The van der Waals surface area contributed by atoms with Gasteiger partial charge in [-0.25, -0.2) is 0 Å². The molecule has 0 bridgehead atoms. The lowest BCUT2D eigenvalue weighted by Crippen LogP contribution is -2.28. The first-order chi connectivity index (χ1) is 12.2. The van der Waals surface area contributed by atoms with Crippen LogP contribution in [-0.2, 0) is 0 Å². The van der Waals surface area contributed by atoms with Crippen molar-refractivity contribution in [3.8, 4) is 11.5 Å². The van der Waals surface area contributed by atoms with E-state index >= 15 is 0 Å². The minimum atomic E-state index is -0.0192. The molecule has 6 heteroatoms. The van der Waals surface area contributed by atoms with Crippen LogP contribution in [0.15, 0.2) is 52.7 Å². The number of aromatic hydroxyl groups is 2. The highest BCUT2D eigenvalue weighted by molar-refractivity contribution is 6.02. The molecule has 0 aliphatic carbocycles. The molecule has 1 unspecified atom stereocenters. The van der Waals surface area contributed by atoms with E-state index < -0.39 is 0 Å². The molecule has 130 valence electrons. The van der Waals surface area contributed by atoms with Crippen LogP contribution in [0.1, 0.15) is 30.9 Å². The molecule has 0 saturated carbocycles. The molecule has 1 atom stereocenters. The van der Waals surface area contributed by atoms with Crippen LogP contribution in [0.2, 0.25) is 0 Å². The molecule has 0 aromatic heterocycles. The first kappa shape index (κ1) is 16.8. The fraction of sp³-hybridized carbons (Fsp3) is 0.263. The zero-order valence-electron chi connectivity index (χ0n) is 14.1. The average molecular weight is 338 g/mol. The van der Waals surface area contributed by atoms with Gasteiger partial charge < -0.3 is 15.6 Å². The third kappa shape index (κ3) is 4.09. The van der Waals surface area contributed by atoms with Crippen molar-refractivity contribution in [2.45, 2.75) is 19.8 Å². The summed E-state index contributed by atoms with van der Waals surface area (Å²) in [6.07, 6.45) is 3.70. The highest BCUT2D eigenvalue weighted by Gasteiger charge is 2.19. The topological polar surface area (TPSA) is 89.2 Å². The van der Waals surface area contributed by atoms with Crippen molar-refractivity contribution >= 4 is 17.6 Å². The molecule has 0 spiro atoms. The summed E-state index contributed by atoms with van der Waals surface area (Å²) in [7, 11) is 0. The van der Waals surface area contributed by atoms with Crippen molar-refractivity contribution in [3.63, 3.8) is 0 Å². The SMILES string of the molecule is CCC1CCNN=C1c1ccc(NN=Cc2ccc(O)cc2O)cc1. The van der Waals surface area contributed by atoms with Crippen molar-refractivity contribution < 1.29 is 10.2 Å². The van der Waals surface area contributed by atoms with E-state index in [1.54, 1.807) is 6.07 Å². The lowest BCUT2D eigenvalue weighted by atomic mass is 9.90. The van der Waals surface area contributed by atoms with E-state index in [9.17, 15) is 10.2 Å². The van der Waals surface area contributed by atoms with E-state index in [4.69, 9.17) is 0 Å². The van der Waals surface area contributed by atoms with Crippen LogP contribution in [0, 0.1) is 5.92 Å². The summed E-state index contributed by atoms with van der Waals surface area (Å²) in [4.78, 5) is 0. The largest absolute Gasteiger partial charge is 0.508 e. The Bertz CT molecular complexity index is 785. The Kier molecular flexibility index (Phi) is 5.18. The molecule has 0 amide bonds. The van der Waals surface area contributed by atoms with Crippen LogP contribution in [0.5, 0.6) is 11.5 Å². The Hall–Kier alpha value is -3.02. The number of rotatable bonds is 5. The molecule has 1 aliphatic rings. The molecule has 3 rings (SSSR count). The van der Waals surface area contributed by atoms with Gasteiger partial charge in [0, 0.05) is 24.1 Å². The standard InChI is InChI=1S/C19H22N4O2/c1-2-13-9-10-20-23-19(13)14-3-6-16(7-4-14)22-21-12-15-5-8-17(24)11-18(15)25/h3-8,11-13,20,22,24-25H,2,9-10H2,1H3. The predicted octanol–water partition coefficient (Wildman–Crippen LogP) is 3.27. The second kappa shape index (κ2) is 7.70. The van der Waals surface area contributed by atoms with Gasteiger partial charge in [-0.3, -0.25) is 5.43 Å². The number of phenols is 2. The van der Waals surface area contributed by atoms with Crippen LogP contribution in [0.3, 0.4) is 0 Å². The fourth-order valence-corrected chi connectivity index (χ4v) is 2.84. The second-order valence-corrected chi connectivity index (χ2v) is 5.99. The quantitative estimate of drug-likeness (QED) is 0.498. The van der Waals surface area contributed by atoms with Crippen molar-refractivity contribution in [3.05, 3.63) is 53.6 Å². The molecule has 0 radical (unpaired) electrons. The molecule has 1 heterocycles. The van der Waals surface area contributed by atoms with E-state index in [1.165, 1.54) is 18.3 Å². The number of phenolic OH excluding ortho intramolecular Hbond substituents is 2. The Balaban J connectivity index is 1.66. The van der Waals surface area contributed by atoms with Gasteiger partial charge in [-0.05, 0) is 42.7 Å². The van der Waals surface area contributed by atoms with Gasteiger partial charge in [0.2, 0.25) is 0 Å². The van der Waals surface area contributed by atoms with Crippen LogP contribution >= 0.6 is 0 Å². The number of nitrogens with zero attached hydrogens (tertiary/aromatic N) is 2. The number of anilines is 1. The minimum absolute atomic E-state index is 0.0173. The van der Waals surface area contributed by atoms with E-state index in [0.717, 1.165) is 36.3 Å². The molecule has 2 aromatic carbocycles. The Labute approximate surface area is 146 Å². The molecule has 6 nitrogen and oxygen atoms in total. The molecule has 0 fully saturated rings. The Morgan fingerprint density at radius 1 is 1.24 bits per heavy atom. The smallest absolute Gasteiger partial charge is 0.128 e. The highest BCUT2D eigenvalue weighted by Crippen LogP contribution is 2.22. The summed E-state index contributed by atoms with van der Waals surface area (Å²) < 4.78 is 0. The molecule has 1 aliphatic heterocycles. The van der Waals surface area contributed by atoms with Crippen molar-refractivity contribution in [2.75, 3.05) is 12.0 Å². The maximum Gasteiger partial charge on any atom is 0.128 e. The highest BCUT2D eigenvalue weighted by atomic mass is 16.3. The van der Waals surface area contributed by atoms with Crippen LogP contribution in [0.25, 0.3) is 0 Å². The fourth-order valence-electron chi connectivity index (χ4n) is 2.84. The lowest BCUT2D eigenvalue weighted by Gasteiger charge is -2.22. The molecular weight excluding hydrogens is 316 g/mol. The van der Waals surface area contributed by atoms with Gasteiger partial charge in [-0.1, -0.05) is 19.1 Å². The summed E-state index contributed by atoms with van der Waals surface area (Å²) in [5.41, 5.74) is 9.60. The second-order valence-electron chi connectivity index (χ2n) is 5.99. The summed E-state index contributed by atoms with van der Waals surface area (Å²) >= 11 is 0. The third-order valence-electron chi connectivity index (χ3n) is 4.28. The maximum absolute atomic E-state index is 9.72. The molecular formula is C19H22N4O2. The number of hydrazone groups is 2. The van der Waals surface area contributed by atoms with E-state index in [1.807, 2.05) is 24.3 Å². The lowest BCUT2D eigenvalue weighted by molar-refractivity contribution is 0.450. The molecule has 0 saturated heterocycles. The zero-order valence-corrected chi connectivity index (χ0v) is 14.1. The van der Waals surface area contributed by atoms with E-state index in [-0.39, 0.29) is 11.5 Å². The van der Waals surface area contributed by atoms with Crippen molar-refractivity contribution in [2.24, 2.45) is 16.1 Å². The normalized spacial score (nSPS) is 17.2. The summed E-state index contributed by atoms with van der Waals surface area (Å²) in [5.74, 6) is 0.494. The predicted molar refractivity (Wildman–Crippen MR) is 100 cm³/mol. The number of hydrogen-bond donors (Lipinski definition) is 4. The molecule has 25 heavy (non-hydrogen) atoms. The monoisotopic (exact) mass is 338 g/mol. The maximum atomic E-state index is 9.72. The van der Waals surface area contributed by atoms with Gasteiger partial charge in [0.15, 0.2) is 0 Å². The van der Waals surface area contributed by atoms with Gasteiger partial charge in [0.05, 0.1) is 17.6 Å². The summed E-state index contributed by atoms with van der Waals surface area (Å²) in [6.45, 7) is 3.12. The third-order valence-corrected chi connectivity index (χ3v) is 4.28. The van der Waals surface area contributed by atoms with Gasteiger partial charge in [0.25, 0.3) is 0 Å². The van der Waals surface area contributed by atoms with Gasteiger partial charge in [-0.2, -0.15) is 10.2 Å². The van der Waals surface area contributed by atoms with Crippen LogP contribution < -0.4 is 10.9 Å². The van der Waals surface area contributed by atoms with E-state index in [0.29, 0.717) is 11.5 Å². The Morgan fingerprint density at radius 3 is 2.76 bits per heavy atom. The summed E-state index contributed by atoms with van der Waals surface area (Å²) in [6, 6.07) is 12.3. The van der Waals surface area contributed by atoms with E-state index in [2.05, 4.69) is 28.0 Å². The Morgan fingerprint density at radius 2 is 2.04 bits per heavy atom. The zero-order chi connectivity index (χ0) is 17.6. The van der Waals surface area contributed by atoms with Crippen molar-refractivity contribution in [1.29, 1.82) is 0 Å². The van der Waals surface area contributed by atoms with Crippen molar-refractivity contribution in [1.82, 2.24) is 5.43 Å². The van der Waals surface area contributed by atoms with Gasteiger partial charge in [0.1, 0.15) is 11.5 Å². The number of hydrogen-bond acceptors (Lipinski definition) is 6.